The van der Waals surface area contributed by atoms with Gasteiger partial charge >= 0.3 is 0 Å². The lowest BCUT2D eigenvalue weighted by Gasteiger charge is -2.35. The van der Waals surface area contributed by atoms with Crippen LogP contribution in [-0.4, -0.2) is 34.9 Å². The number of piperidine rings is 1. The van der Waals surface area contributed by atoms with Crippen LogP contribution < -0.4 is 5.73 Å². The standard InChI is InChI=1S/C12H19N3OS/c1-9-11(17-8-14-9)12(16)15-7-3-2-4-10(15)5-6-13/h8,10H,2-7,13H2,1H3. The lowest BCUT2D eigenvalue weighted by Crippen LogP contribution is -2.44. The molecule has 2 rings (SSSR count). The maximum atomic E-state index is 12.4. The van der Waals surface area contributed by atoms with E-state index in [2.05, 4.69) is 4.98 Å². The number of hydrogen-bond donors (Lipinski definition) is 1. The van der Waals surface area contributed by atoms with Crippen molar-refractivity contribution in [3.63, 3.8) is 0 Å². The number of nitrogens with two attached hydrogens (primary N) is 1. The summed E-state index contributed by atoms with van der Waals surface area (Å²) in [5.74, 6) is 0.142. The number of aryl methyl sites for hydroxylation is 1. The number of amides is 1. The van der Waals surface area contributed by atoms with Gasteiger partial charge in [-0.25, -0.2) is 4.98 Å². The van der Waals surface area contributed by atoms with Crippen molar-refractivity contribution in [2.75, 3.05) is 13.1 Å². The topological polar surface area (TPSA) is 59.2 Å². The summed E-state index contributed by atoms with van der Waals surface area (Å²) in [4.78, 5) is 19.4. The Bertz CT molecular complexity index is 389. The van der Waals surface area contributed by atoms with Crippen LogP contribution in [0.1, 0.15) is 41.0 Å². The minimum absolute atomic E-state index is 0.142. The van der Waals surface area contributed by atoms with Gasteiger partial charge in [0.15, 0.2) is 0 Å². The van der Waals surface area contributed by atoms with Crippen molar-refractivity contribution in [2.24, 2.45) is 5.73 Å². The number of aromatic nitrogens is 1. The molecule has 1 fully saturated rings. The second kappa shape index (κ2) is 5.60. The number of hydrogen-bond acceptors (Lipinski definition) is 4. The fourth-order valence-corrected chi connectivity index (χ4v) is 3.16. The molecule has 0 aromatic carbocycles. The van der Waals surface area contributed by atoms with Crippen molar-refractivity contribution >= 4 is 17.2 Å². The van der Waals surface area contributed by atoms with E-state index >= 15 is 0 Å². The molecule has 1 aromatic rings. The Morgan fingerprint density at radius 3 is 3.12 bits per heavy atom. The molecule has 17 heavy (non-hydrogen) atoms. The highest BCUT2D eigenvalue weighted by Crippen LogP contribution is 2.24. The third-order valence-electron chi connectivity index (χ3n) is 3.33. The van der Waals surface area contributed by atoms with E-state index < -0.39 is 0 Å². The molecule has 1 atom stereocenters. The first-order valence-electron chi connectivity index (χ1n) is 6.15. The molecule has 2 heterocycles. The van der Waals surface area contributed by atoms with Crippen LogP contribution in [0.5, 0.6) is 0 Å². The van der Waals surface area contributed by atoms with Gasteiger partial charge in [-0.05, 0) is 39.2 Å². The molecule has 5 heteroatoms. The van der Waals surface area contributed by atoms with Crippen molar-refractivity contribution in [3.05, 3.63) is 16.1 Å². The van der Waals surface area contributed by atoms with Crippen molar-refractivity contribution in [3.8, 4) is 0 Å². The molecule has 1 saturated heterocycles. The predicted octanol–water partition coefficient (Wildman–Crippen LogP) is 1.80. The number of likely N-dealkylation sites (tertiary alicyclic amines) is 1. The van der Waals surface area contributed by atoms with Crippen LogP contribution in [0.2, 0.25) is 0 Å². The van der Waals surface area contributed by atoms with Gasteiger partial charge in [0.05, 0.1) is 11.2 Å². The summed E-state index contributed by atoms with van der Waals surface area (Å²) in [7, 11) is 0. The van der Waals surface area contributed by atoms with E-state index in [0.29, 0.717) is 12.6 Å². The molecule has 0 spiro atoms. The van der Waals surface area contributed by atoms with Crippen molar-refractivity contribution < 1.29 is 4.79 Å². The van der Waals surface area contributed by atoms with Gasteiger partial charge in [-0.2, -0.15) is 0 Å². The van der Waals surface area contributed by atoms with Gasteiger partial charge in [0, 0.05) is 12.6 Å². The van der Waals surface area contributed by atoms with E-state index in [1.54, 1.807) is 5.51 Å². The van der Waals surface area contributed by atoms with Crippen molar-refractivity contribution in [2.45, 2.75) is 38.6 Å². The second-order valence-corrected chi connectivity index (χ2v) is 5.35. The largest absolute Gasteiger partial charge is 0.335 e. The summed E-state index contributed by atoms with van der Waals surface area (Å²) in [6, 6.07) is 0.322. The quantitative estimate of drug-likeness (QED) is 0.893. The number of thiazole rings is 1. The zero-order valence-electron chi connectivity index (χ0n) is 10.2. The normalized spacial score (nSPS) is 20.6. The van der Waals surface area contributed by atoms with Gasteiger partial charge in [0.2, 0.25) is 0 Å². The number of carbonyl (C=O) groups is 1. The molecule has 1 aliphatic rings. The van der Waals surface area contributed by atoms with Crippen molar-refractivity contribution in [1.29, 1.82) is 0 Å². The van der Waals surface area contributed by atoms with Crippen LogP contribution in [0.3, 0.4) is 0 Å². The summed E-state index contributed by atoms with van der Waals surface area (Å²) in [6.45, 7) is 3.41. The zero-order chi connectivity index (χ0) is 12.3. The first-order valence-corrected chi connectivity index (χ1v) is 7.03. The smallest absolute Gasteiger partial charge is 0.266 e. The second-order valence-electron chi connectivity index (χ2n) is 4.49. The zero-order valence-corrected chi connectivity index (χ0v) is 11.0. The molecule has 0 bridgehead atoms. The first-order chi connectivity index (χ1) is 8.24. The van der Waals surface area contributed by atoms with Gasteiger partial charge in [-0.3, -0.25) is 4.79 Å². The first kappa shape index (κ1) is 12.5. The molecule has 0 radical (unpaired) electrons. The summed E-state index contributed by atoms with van der Waals surface area (Å²) in [6.07, 6.45) is 4.30. The van der Waals surface area contributed by atoms with Crippen LogP contribution in [0.4, 0.5) is 0 Å². The van der Waals surface area contributed by atoms with Gasteiger partial charge in [0.25, 0.3) is 5.91 Å². The molecule has 2 N–H and O–H groups in total. The Hall–Kier alpha value is -0.940. The average molecular weight is 253 g/mol. The molecule has 0 aliphatic carbocycles. The highest BCUT2D eigenvalue weighted by atomic mass is 32.1. The average Bonchev–Trinajstić information content (AvgIpc) is 2.76. The maximum Gasteiger partial charge on any atom is 0.266 e. The minimum atomic E-state index is 0.142. The third-order valence-corrected chi connectivity index (χ3v) is 4.24. The van der Waals surface area contributed by atoms with E-state index in [1.807, 2.05) is 11.8 Å². The third kappa shape index (κ3) is 2.66. The van der Waals surface area contributed by atoms with Crippen LogP contribution in [0, 0.1) is 6.92 Å². The van der Waals surface area contributed by atoms with E-state index in [9.17, 15) is 4.79 Å². The van der Waals surface area contributed by atoms with Crippen molar-refractivity contribution in [1.82, 2.24) is 9.88 Å². The molecular formula is C12H19N3OS. The number of nitrogens with zero attached hydrogens (tertiary/aromatic N) is 2. The van der Waals surface area contributed by atoms with E-state index in [1.165, 1.54) is 17.8 Å². The van der Waals surface area contributed by atoms with Crippen LogP contribution in [0.15, 0.2) is 5.51 Å². The molecule has 1 aliphatic heterocycles. The van der Waals surface area contributed by atoms with Gasteiger partial charge in [0.1, 0.15) is 4.88 Å². The monoisotopic (exact) mass is 253 g/mol. The summed E-state index contributed by atoms with van der Waals surface area (Å²) < 4.78 is 0. The molecule has 94 valence electrons. The lowest BCUT2D eigenvalue weighted by molar-refractivity contribution is 0.0609. The lowest BCUT2D eigenvalue weighted by atomic mass is 9.99. The van der Waals surface area contributed by atoms with E-state index in [4.69, 9.17) is 5.73 Å². The van der Waals surface area contributed by atoms with Gasteiger partial charge < -0.3 is 10.6 Å². The molecule has 1 amide bonds. The van der Waals surface area contributed by atoms with E-state index in [0.717, 1.165) is 36.4 Å². The molecule has 0 saturated carbocycles. The molecular weight excluding hydrogens is 234 g/mol. The summed E-state index contributed by atoms with van der Waals surface area (Å²) in [5, 5.41) is 0. The van der Waals surface area contributed by atoms with Crippen LogP contribution in [0.25, 0.3) is 0 Å². The number of rotatable bonds is 3. The predicted molar refractivity (Wildman–Crippen MR) is 69.2 cm³/mol. The summed E-state index contributed by atoms with van der Waals surface area (Å²) in [5.41, 5.74) is 8.21. The van der Waals surface area contributed by atoms with E-state index in [-0.39, 0.29) is 5.91 Å². The Morgan fingerprint density at radius 1 is 1.65 bits per heavy atom. The SMILES string of the molecule is Cc1ncsc1C(=O)N1CCCCC1CCN. The number of carbonyl (C=O) groups excluding carboxylic acids is 1. The summed E-state index contributed by atoms with van der Waals surface area (Å²) >= 11 is 1.44. The Balaban J connectivity index is 2.14. The van der Waals surface area contributed by atoms with Gasteiger partial charge in [-0.1, -0.05) is 0 Å². The fourth-order valence-electron chi connectivity index (χ4n) is 2.40. The highest BCUT2D eigenvalue weighted by Gasteiger charge is 2.28. The highest BCUT2D eigenvalue weighted by molar-refractivity contribution is 7.11. The minimum Gasteiger partial charge on any atom is -0.335 e. The molecule has 1 aromatic heterocycles. The molecule has 1 unspecified atom stereocenters. The van der Waals surface area contributed by atoms with Crippen LogP contribution in [-0.2, 0) is 0 Å². The fraction of sp³-hybridized carbons (Fsp3) is 0.667. The maximum absolute atomic E-state index is 12.4. The van der Waals surface area contributed by atoms with Gasteiger partial charge in [-0.15, -0.1) is 11.3 Å². The Morgan fingerprint density at radius 2 is 2.47 bits per heavy atom. The Kier molecular flexibility index (Phi) is 4.12. The Labute approximate surface area is 106 Å². The van der Waals surface area contributed by atoms with Crippen LogP contribution >= 0.6 is 11.3 Å². The molecule has 4 nitrogen and oxygen atoms in total.